The van der Waals surface area contributed by atoms with Gasteiger partial charge in [-0.15, -0.1) is 0 Å². The van der Waals surface area contributed by atoms with Gasteiger partial charge in [-0.1, -0.05) is 19.9 Å². The molecule has 0 bridgehead atoms. The van der Waals surface area contributed by atoms with Crippen LogP contribution in [0.4, 0.5) is 0 Å². The molecule has 0 aliphatic heterocycles. The summed E-state index contributed by atoms with van der Waals surface area (Å²) in [4.78, 5) is 2.28. The van der Waals surface area contributed by atoms with E-state index in [1.807, 2.05) is 13.0 Å². The minimum Gasteiger partial charge on any atom is -0.499 e. The monoisotopic (exact) mass is 215 g/mol. The van der Waals surface area contributed by atoms with Crippen LogP contribution in [0.2, 0.25) is 0 Å². The van der Waals surface area contributed by atoms with Crippen LogP contribution in [-0.4, -0.2) is 42.4 Å². The first kappa shape index (κ1) is 14.5. The number of nitrogens with zero attached hydrogens (tertiary/aromatic N) is 1. The molecular formula is C12H25NO2. The van der Waals surface area contributed by atoms with Crippen LogP contribution in [0.1, 0.15) is 33.6 Å². The van der Waals surface area contributed by atoms with Crippen molar-refractivity contribution >= 4 is 0 Å². The second kappa shape index (κ2) is 9.99. The summed E-state index contributed by atoms with van der Waals surface area (Å²) in [7, 11) is 0. The molecule has 0 saturated heterocycles. The summed E-state index contributed by atoms with van der Waals surface area (Å²) in [6.45, 7) is 9.40. The first-order valence-corrected chi connectivity index (χ1v) is 5.87. The Labute approximate surface area is 93.7 Å². The van der Waals surface area contributed by atoms with Crippen molar-refractivity contribution in [2.45, 2.75) is 39.7 Å². The van der Waals surface area contributed by atoms with Gasteiger partial charge in [0, 0.05) is 6.54 Å². The molecule has 15 heavy (non-hydrogen) atoms. The van der Waals surface area contributed by atoms with E-state index in [9.17, 15) is 5.11 Å². The topological polar surface area (TPSA) is 32.7 Å². The minimum atomic E-state index is -0.390. The molecule has 1 N–H and O–H groups in total. The second-order valence-corrected chi connectivity index (χ2v) is 3.76. The zero-order chi connectivity index (χ0) is 11.5. The van der Waals surface area contributed by atoms with Gasteiger partial charge >= 0.3 is 0 Å². The van der Waals surface area contributed by atoms with Crippen molar-refractivity contribution in [2.24, 2.45) is 0 Å². The number of rotatable bonds is 9. The molecule has 0 fully saturated rings. The molecule has 0 rings (SSSR count). The molecule has 0 aromatic heterocycles. The molecule has 0 saturated carbocycles. The van der Waals surface area contributed by atoms with Gasteiger partial charge in [-0.25, -0.2) is 0 Å². The molecule has 0 heterocycles. The minimum absolute atomic E-state index is 0.383. The van der Waals surface area contributed by atoms with Gasteiger partial charge in [0.2, 0.25) is 0 Å². The highest BCUT2D eigenvalue weighted by atomic mass is 16.5. The van der Waals surface area contributed by atoms with Gasteiger partial charge in [0.25, 0.3) is 0 Å². The first-order chi connectivity index (χ1) is 7.24. The predicted octanol–water partition coefficient (Wildman–Crippen LogP) is 2.02. The van der Waals surface area contributed by atoms with Gasteiger partial charge in [-0.2, -0.15) is 0 Å². The molecule has 1 atom stereocenters. The van der Waals surface area contributed by atoms with Crippen LogP contribution in [0.15, 0.2) is 12.3 Å². The predicted molar refractivity (Wildman–Crippen MR) is 63.8 cm³/mol. The van der Waals surface area contributed by atoms with Crippen molar-refractivity contribution in [3.63, 3.8) is 0 Å². The van der Waals surface area contributed by atoms with E-state index < -0.39 is 0 Å². The Kier molecular flexibility index (Phi) is 9.63. The van der Waals surface area contributed by atoms with Crippen LogP contribution in [0.25, 0.3) is 0 Å². The van der Waals surface area contributed by atoms with Crippen molar-refractivity contribution in [3.05, 3.63) is 12.3 Å². The van der Waals surface area contributed by atoms with Crippen molar-refractivity contribution in [1.29, 1.82) is 0 Å². The van der Waals surface area contributed by atoms with E-state index in [-0.39, 0.29) is 6.10 Å². The lowest BCUT2D eigenvalue weighted by Crippen LogP contribution is -2.35. The third-order valence-electron chi connectivity index (χ3n) is 2.07. The van der Waals surface area contributed by atoms with Crippen LogP contribution < -0.4 is 0 Å². The lowest BCUT2D eigenvalue weighted by molar-refractivity contribution is 0.0517. The van der Waals surface area contributed by atoms with Gasteiger partial charge in [0.05, 0.1) is 6.26 Å². The second-order valence-electron chi connectivity index (χ2n) is 3.76. The van der Waals surface area contributed by atoms with Gasteiger partial charge in [-0.05, 0) is 32.9 Å². The molecule has 0 radical (unpaired) electrons. The van der Waals surface area contributed by atoms with Gasteiger partial charge in [0.1, 0.15) is 12.7 Å². The van der Waals surface area contributed by atoms with E-state index in [2.05, 4.69) is 18.7 Å². The van der Waals surface area contributed by atoms with Crippen LogP contribution in [0.3, 0.4) is 0 Å². The number of aliphatic hydroxyl groups excluding tert-OH is 1. The van der Waals surface area contributed by atoms with E-state index in [4.69, 9.17) is 4.74 Å². The molecule has 0 aliphatic rings. The van der Waals surface area contributed by atoms with E-state index in [0.29, 0.717) is 13.2 Å². The van der Waals surface area contributed by atoms with Crippen molar-refractivity contribution < 1.29 is 9.84 Å². The Bertz CT molecular complexity index is 154. The fraction of sp³-hybridized carbons (Fsp3) is 0.833. The molecule has 3 nitrogen and oxygen atoms in total. The average molecular weight is 215 g/mol. The number of ether oxygens (including phenoxy) is 1. The smallest absolute Gasteiger partial charge is 0.114 e. The quantitative estimate of drug-likeness (QED) is 0.597. The molecule has 3 heteroatoms. The highest BCUT2D eigenvalue weighted by molar-refractivity contribution is 4.68. The fourth-order valence-electron chi connectivity index (χ4n) is 1.54. The Morgan fingerprint density at radius 3 is 2.33 bits per heavy atom. The molecule has 0 spiro atoms. The normalized spacial score (nSPS) is 13.7. The molecule has 0 aromatic rings. The van der Waals surface area contributed by atoms with Gasteiger partial charge < -0.3 is 14.7 Å². The molecule has 0 unspecified atom stereocenters. The van der Waals surface area contributed by atoms with E-state index in [1.54, 1.807) is 6.26 Å². The average Bonchev–Trinajstić information content (AvgIpc) is 2.19. The Morgan fingerprint density at radius 1 is 1.27 bits per heavy atom. The number of hydrogen-bond acceptors (Lipinski definition) is 3. The lowest BCUT2D eigenvalue weighted by atomic mass is 10.3. The summed E-state index contributed by atoms with van der Waals surface area (Å²) in [5.74, 6) is 0. The maximum Gasteiger partial charge on any atom is 0.114 e. The summed E-state index contributed by atoms with van der Waals surface area (Å²) < 4.78 is 5.14. The Morgan fingerprint density at radius 2 is 1.87 bits per heavy atom. The van der Waals surface area contributed by atoms with Crippen LogP contribution in [0.5, 0.6) is 0 Å². The van der Waals surface area contributed by atoms with Gasteiger partial charge in [0.15, 0.2) is 0 Å². The van der Waals surface area contributed by atoms with Gasteiger partial charge in [-0.3, -0.25) is 0 Å². The van der Waals surface area contributed by atoms with E-state index in [0.717, 1.165) is 25.9 Å². The highest BCUT2D eigenvalue weighted by Gasteiger charge is 2.10. The molecule has 0 aromatic carbocycles. The van der Waals surface area contributed by atoms with E-state index in [1.165, 1.54) is 0 Å². The van der Waals surface area contributed by atoms with Crippen LogP contribution in [-0.2, 0) is 4.74 Å². The summed E-state index contributed by atoms with van der Waals surface area (Å²) in [6.07, 6.45) is 5.31. The summed E-state index contributed by atoms with van der Waals surface area (Å²) in [5.41, 5.74) is 0. The SMILES string of the molecule is C/C=C/OC[C@H](O)CN(CCC)CCC. The molecule has 90 valence electrons. The van der Waals surface area contributed by atoms with Crippen LogP contribution in [0, 0.1) is 0 Å². The number of hydrogen-bond donors (Lipinski definition) is 1. The standard InChI is InChI=1S/C12H25NO2/c1-4-7-13(8-5-2)10-12(14)11-15-9-6-3/h6,9,12,14H,4-5,7-8,10-11H2,1-3H3/b9-6+/t12-/m1/s1. The summed E-state index contributed by atoms with van der Waals surface area (Å²) in [5, 5.41) is 9.70. The Balaban J connectivity index is 3.71. The summed E-state index contributed by atoms with van der Waals surface area (Å²) >= 11 is 0. The number of allylic oxidation sites excluding steroid dienone is 1. The maximum atomic E-state index is 9.70. The third kappa shape index (κ3) is 8.45. The highest BCUT2D eigenvalue weighted by Crippen LogP contribution is 1.98. The largest absolute Gasteiger partial charge is 0.499 e. The third-order valence-corrected chi connectivity index (χ3v) is 2.07. The number of aliphatic hydroxyl groups is 1. The maximum absolute atomic E-state index is 9.70. The molecule has 0 amide bonds. The van der Waals surface area contributed by atoms with Crippen molar-refractivity contribution in [3.8, 4) is 0 Å². The Hall–Kier alpha value is -0.540. The van der Waals surface area contributed by atoms with E-state index >= 15 is 0 Å². The zero-order valence-electron chi connectivity index (χ0n) is 10.3. The fourth-order valence-corrected chi connectivity index (χ4v) is 1.54. The van der Waals surface area contributed by atoms with Crippen molar-refractivity contribution in [1.82, 2.24) is 4.90 Å². The zero-order valence-corrected chi connectivity index (χ0v) is 10.3. The first-order valence-electron chi connectivity index (χ1n) is 5.87. The lowest BCUT2D eigenvalue weighted by Gasteiger charge is -2.23. The molecular weight excluding hydrogens is 190 g/mol. The van der Waals surface area contributed by atoms with Crippen LogP contribution >= 0.6 is 0 Å². The summed E-state index contributed by atoms with van der Waals surface area (Å²) in [6, 6.07) is 0. The van der Waals surface area contributed by atoms with Crippen molar-refractivity contribution in [2.75, 3.05) is 26.2 Å². The molecule has 0 aliphatic carbocycles.